The van der Waals surface area contributed by atoms with E-state index in [1.807, 2.05) is 60.7 Å². The lowest BCUT2D eigenvalue weighted by Gasteiger charge is -2.43. The highest BCUT2D eigenvalue weighted by atomic mass is 28.4. The summed E-state index contributed by atoms with van der Waals surface area (Å²) in [6, 6.07) is 19.0. The van der Waals surface area contributed by atoms with Crippen LogP contribution in [0.5, 0.6) is 0 Å². The molecule has 15 heteroatoms. The van der Waals surface area contributed by atoms with E-state index in [-0.39, 0.29) is 0 Å². The van der Waals surface area contributed by atoms with Gasteiger partial charge in [0, 0.05) is 11.5 Å². The number of hydrogen-bond donors (Lipinski definition) is 0. The fourth-order valence-corrected chi connectivity index (χ4v) is 6.46. The molecule has 4 nitrogen and oxygen atoms in total. The molecule has 0 bridgehead atoms. The van der Waals surface area contributed by atoms with Gasteiger partial charge in [0.1, 0.15) is 11.6 Å². The minimum Gasteiger partial charge on any atom is -0.418 e. The fourth-order valence-electron chi connectivity index (χ4n) is 5.12. The van der Waals surface area contributed by atoms with Gasteiger partial charge in [-0.15, -0.1) is 0 Å². The Bertz CT molecular complexity index is 1490. The lowest BCUT2D eigenvalue weighted by molar-refractivity contribution is -0.730. The van der Waals surface area contributed by atoms with E-state index in [9.17, 15) is 39.2 Å². The molecule has 5 rings (SSSR count). The average Bonchev–Trinajstić information content (AvgIpc) is 3.50. The molecular weight excluding hydrogens is 592 g/mol. The normalized spacial score (nSPS) is 15.3. The van der Waals surface area contributed by atoms with Crippen molar-refractivity contribution in [2.75, 3.05) is 0 Å². The molecule has 0 amide bonds. The van der Waals surface area contributed by atoms with Crippen LogP contribution in [0.25, 0.3) is 5.69 Å². The Labute approximate surface area is 236 Å². The van der Waals surface area contributed by atoms with Crippen LogP contribution in [-0.4, -0.2) is 25.4 Å². The summed E-state index contributed by atoms with van der Waals surface area (Å²) in [5.41, 5.74) is -0.336. The van der Waals surface area contributed by atoms with Crippen molar-refractivity contribution in [1.82, 2.24) is 9.78 Å². The van der Waals surface area contributed by atoms with Crippen LogP contribution in [0.4, 0.5) is 39.2 Å². The van der Waals surface area contributed by atoms with Crippen molar-refractivity contribution in [3.63, 3.8) is 0 Å². The number of aryl methyl sites for hydroxylation is 1. The summed E-state index contributed by atoms with van der Waals surface area (Å²) in [5, 5.41) is 4.24. The van der Waals surface area contributed by atoms with Gasteiger partial charge in [0.15, 0.2) is 8.32 Å². The summed E-state index contributed by atoms with van der Waals surface area (Å²) in [6.07, 6.45) is 2.30. The van der Waals surface area contributed by atoms with E-state index >= 15 is 0 Å². The van der Waals surface area contributed by atoms with E-state index in [4.69, 9.17) is 4.43 Å². The molecule has 0 saturated heterocycles. The quantitative estimate of drug-likeness (QED) is 0.0741. The number of halogens is 9. The first-order chi connectivity index (χ1) is 19.5. The van der Waals surface area contributed by atoms with E-state index in [1.54, 1.807) is 4.57 Å². The Hall–Kier alpha value is -3.59. The third-order valence-electron chi connectivity index (χ3n) is 6.49. The molecule has 0 spiro atoms. The van der Waals surface area contributed by atoms with Crippen molar-refractivity contribution in [2.45, 2.75) is 44.1 Å². The third kappa shape index (κ3) is 6.26. The summed E-state index contributed by atoms with van der Waals surface area (Å²) < 4.78 is 119. The van der Waals surface area contributed by atoms with E-state index in [0.29, 0.717) is 18.7 Å². The van der Waals surface area contributed by atoms with E-state index in [0.717, 1.165) is 15.8 Å². The third-order valence-corrected chi connectivity index (χ3v) is 7.42. The van der Waals surface area contributed by atoms with Crippen molar-refractivity contribution in [2.24, 2.45) is 0 Å². The highest BCUT2D eigenvalue weighted by Crippen LogP contribution is 2.46. The highest BCUT2D eigenvalue weighted by molar-refractivity contribution is 6.69. The maximum absolute atomic E-state index is 14.6. The molecule has 42 heavy (non-hydrogen) atoms. The zero-order valence-corrected chi connectivity index (χ0v) is 23.6. The van der Waals surface area contributed by atoms with E-state index in [1.165, 1.54) is 6.33 Å². The molecule has 0 unspecified atom stereocenters. The second-order valence-electron chi connectivity index (χ2n) is 10.5. The summed E-state index contributed by atoms with van der Waals surface area (Å²) in [5.74, 6) is -9.67. The predicted molar refractivity (Wildman–Crippen MR) is 139 cm³/mol. The van der Waals surface area contributed by atoms with Gasteiger partial charge >= 0.3 is 7.25 Å². The molecule has 4 aromatic rings. The SMILES string of the molecule is C[Si](C)(C)OC(c1ccccc1)(c1ccccc1)[C@@H]1CCc2nn(-c3c(F)c(F)c(F)c(F)c3F)c[n+]21.F[B-](F)(F)F. The maximum Gasteiger partial charge on any atom is 0.673 e. The van der Waals surface area contributed by atoms with Gasteiger partial charge in [0.25, 0.3) is 5.82 Å². The lowest BCUT2D eigenvalue weighted by Crippen LogP contribution is -2.54. The second-order valence-corrected chi connectivity index (χ2v) is 15.0. The van der Waals surface area contributed by atoms with Crippen molar-refractivity contribution in [3.8, 4) is 5.69 Å². The smallest absolute Gasteiger partial charge is 0.418 e. The molecule has 0 fully saturated rings. The van der Waals surface area contributed by atoms with E-state index in [2.05, 4.69) is 24.7 Å². The highest BCUT2D eigenvalue weighted by Gasteiger charge is 2.52. The molecule has 0 aliphatic carbocycles. The van der Waals surface area contributed by atoms with Crippen LogP contribution in [0.1, 0.15) is 29.4 Å². The number of fused-ring (bicyclic) bond motifs is 1. The second kappa shape index (κ2) is 11.6. The summed E-state index contributed by atoms with van der Waals surface area (Å²) >= 11 is 0. The first kappa shape index (κ1) is 31.3. The maximum atomic E-state index is 14.6. The number of nitrogens with zero attached hydrogens (tertiary/aromatic N) is 3. The fraction of sp³-hybridized carbons (Fsp3) is 0.259. The Morgan fingerprint density at radius 2 is 1.21 bits per heavy atom. The van der Waals surface area contributed by atoms with Crippen molar-refractivity contribution in [1.29, 1.82) is 0 Å². The molecular formula is C27H25BF9N3OSi. The standard InChI is InChI=1S/C27H25F5N3OSi.BF4/c1-37(2,3)36-27(17-10-6-4-7-11-17,18-12-8-5-9-13-18)19-14-15-20-33-35(16-34(19)20)26-24(31)22(29)21(28)23(30)25(26)32;2-1(3,4)5/h4-13,16,19H,14-15H2,1-3H3;/q+1;-1/t19-;/m0./s1. The van der Waals surface area contributed by atoms with Crippen molar-refractivity contribution in [3.05, 3.63) is 113 Å². The monoisotopic (exact) mass is 617 g/mol. The van der Waals surface area contributed by atoms with Crippen molar-refractivity contribution >= 4 is 15.6 Å². The van der Waals surface area contributed by atoms with Gasteiger partial charge in [-0.2, -0.15) is 8.78 Å². The zero-order chi connectivity index (χ0) is 31.0. The molecule has 1 atom stereocenters. The zero-order valence-electron chi connectivity index (χ0n) is 22.6. The average molecular weight is 617 g/mol. The first-order valence-corrected chi connectivity index (χ1v) is 16.2. The van der Waals surface area contributed by atoms with Crippen LogP contribution in [0.2, 0.25) is 19.6 Å². The number of benzene rings is 3. The summed E-state index contributed by atoms with van der Waals surface area (Å²) in [6.45, 7) is 6.23. The molecule has 2 heterocycles. The van der Waals surface area contributed by atoms with Gasteiger partial charge in [-0.3, -0.25) is 0 Å². The van der Waals surface area contributed by atoms with Gasteiger partial charge in [-0.05, 0) is 37.2 Å². The molecule has 1 aliphatic rings. The van der Waals surface area contributed by atoms with Crippen LogP contribution in [0.3, 0.4) is 0 Å². The Morgan fingerprint density at radius 1 is 0.786 bits per heavy atom. The van der Waals surface area contributed by atoms with E-state index < -0.39 is 62.0 Å². The van der Waals surface area contributed by atoms with Crippen LogP contribution >= 0.6 is 0 Å². The van der Waals surface area contributed by atoms with Crippen LogP contribution < -0.4 is 4.57 Å². The predicted octanol–water partition coefficient (Wildman–Crippen LogP) is 7.44. The van der Waals surface area contributed by atoms with Gasteiger partial charge in [-0.25, -0.2) is 17.7 Å². The Morgan fingerprint density at radius 3 is 1.64 bits per heavy atom. The lowest BCUT2D eigenvalue weighted by atomic mass is 9.79. The Kier molecular flexibility index (Phi) is 8.65. The molecule has 0 N–H and O–H groups in total. The molecule has 0 saturated carbocycles. The molecule has 1 aromatic heterocycles. The van der Waals surface area contributed by atoms with Crippen LogP contribution in [-0.2, 0) is 16.4 Å². The van der Waals surface area contributed by atoms with Crippen molar-refractivity contribution < 1.29 is 48.2 Å². The van der Waals surface area contributed by atoms with Crippen LogP contribution in [0, 0.1) is 29.1 Å². The minimum atomic E-state index is -6.00. The minimum absolute atomic E-state index is 0.408. The first-order valence-electron chi connectivity index (χ1n) is 12.7. The summed E-state index contributed by atoms with van der Waals surface area (Å²) in [4.78, 5) is 0. The van der Waals surface area contributed by atoms with Gasteiger partial charge in [0.05, 0.1) is 0 Å². The summed E-state index contributed by atoms with van der Waals surface area (Å²) in [7, 11) is -8.24. The largest absolute Gasteiger partial charge is 0.673 e. The van der Waals surface area contributed by atoms with Gasteiger partial charge in [0.2, 0.25) is 41.1 Å². The molecule has 3 aromatic carbocycles. The molecule has 224 valence electrons. The topological polar surface area (TPSA) is 30.9 Å². The number of aromatic nitrogens is 3. The van der Waals surface area contributed by atoms with Gasteiger partial charge in [-0.1, -0.05) is 65.3 Å². The molecule has 1 aliphatic heterocycles. The Balaban J connectivity index is 0.000000748. The number of hydrogen-bond acceptors (Lipinski definition) is 2. The van der Waals surface area contributed by atoms with Crippen LogP contribution in [0.15, 0.2) is 67.0 Å². The van der Waals surface area contributed by atoms with Gasteiger partial charge < -0.3 is 21.7 Å². The molecule has 0 radical (unpaired) electrons. The number of rotatable bonds is 6.